The molecule has 24 heavy (non-hydrogen) atoms. The molecular formula is C18H27N3O3. The van der Waals surface area contributed by atoms with Gasteiger partial charge in [0.1, 0.15) is 5.82 Å². The number of carboxylic acid groups (broad SMARTS) is 1. The number of nitrogens with zero attached hydrogens (tertiary/aromatic N) is 1. The number of amides is 1. The molecule has 6 nitrogen and oxygen atoms in total. The summed E-state index contributed by atoms with van der Waals surface area (Å²) in [5.74, 6) is 0.206. The standard InChI is InChI=1S/C18H27N3O3/c1-4-12(5-2)8-16(21-11(3)22)14-9-13(18(23)24)10-15(14)17-19-6-7-20-17/h6-7,9,12,14-16H,4-5,8,10H2,1-3H3,(H,19,20)(H,21,22)(H,23,24)/t14-,15-,16+/m1/s1. The molecule has 0 fully saturated rings. The lowest BCUT2D eigenvalue weighted by atomic mass is 9.82. The van der Waals surface area contributed by atoms with E-state index in [4.69, 9.17) is 0 Å². The van der Waals surface area contributed by atoms with Crippen LogP contribution < -0.4 is 5.32 Å². The number of hydrogen-bond acceptors (Lipinski definition) is 3. The van der Waals surface area contributed by atoms with Gasteiger partial charge in [-0.25, -0.2) is 9.78 Å². The molecular weight excluding hydrogens is 306 g/mol. The maximum absolute atomic E-state index is 11.7. The Hall–Kier alpha value is -2.11. The molecule has 132 valence electrons. The van der Waals surface area contributed by atoms with Crippen LogP contribution in [0, 0.1) is 11.8 Å². The fraction of sp³-hybridized carbons (Fsp3) is 0.611. The van der Waals surface area contributed by atoms with Crippen LogP contribution >= 0.6 is 0 Å². The van der Waals surface area contributed by atoms with Gasteiger partial charge in [0.15, 0.2) is 0 Å². The lowest BCUT2D eigenvalue weighted by molar-refractivity contribution is -0.132. The highest BCUT2D eigenvalue weighted by Crippen LogP contribution is 2.41. The Bertz CT molecular complexity index is 591. The van der Waals surface area contributed by atoms with Crippen LogP contribution in [0.4, 0.5) is 0 Å². The van der Waals surface area contributed by atoms with E-state index in [1.165, 1.54) is 6.92 Å². The molecule has 6 heteroatoms. The Labute approximate surface area is 142 Å². The van der Waals surface area contributed by atoms with E-state index >= 15 is 0 Å². The van der Waals surface area contributed by atoms with Crippen molar-refractivity contribution in [3.05, 3.63) is 29.9 Å². The van der Waals surface area contributed by atoms with Crippen LogP contribution in [0.5, 0.6) is 0 Å². The van der Waals surface area contributed by atoms with Gasteiger partial charge in [0.2, 0.25) is 5.91 Å². The maximum atomic E-state index is 11.7. The van der Waals surface area contributed by atoms with Crippen molar-refractivity contribution in [1.29, 1.82) is 0 Å². The first-order chi connectivity index (χ1) is 11.5. The van der Waals surface area contributed by atoms with Gasteiger partial charge in [-0.2, -0.15) is 0 Å². The largest absolute Gasteiger partial charge is 0.478 e. The van der Waals surface area contributed by atoms with E-state index in [9.17, 15) is 14.7 Å². The molecule has 3 atom stereocenters. The third-order valence-corrected chi connectivity index (χ3v) is 5.04. The molecule has 1 aromatic heterocycles. The summed E-state index contributed by atoms with van der Waals surface area (Å²) in [6.45, 7) is 5.81. The van der Waals surface area contributed by atoms with Gasteiger partial charge in [0.05, 0.1) is 0 Å². The Morgan fingerprint density at radius 1 is 1.42 bits per heavy atom. The van der Waals surface area contributed by atoms with Crippen molar-refractivity contribution in [2.45, 2.75) is 58.4 Å². The highest BCUT2D eigenvalue weighted by molar-refractivity contribution is 5.87. The Morgan fingerprint density at radius 3 is 2.62 bits per heavy atom. The van der Waals surface area contributed by atoms with Gasteiger partial charge in [-0.1, -0.05) is 32.8 Å². The van der Waals surface area contributed by atoms with Gasteiger partial charge in [-0.05, 0) is 18.8 Å². The van der Waals surface area contributed by atoms with Crippen molar-refractivity contribution in [3.63, 3.8) is 0 Å². The van der Waals surface area contributed by atoms with Crippen LogP contribution in [0.3, 0.4) is 0 Å². The molecule has 0 unspecified atom stereocenters. The van der Waals surface area contributed by atoms with Crippen LogP contribution in [0.1, 0.15) is 58.2 Å². The molecule has 1 amide bonds. The topological polar surface area (TPSA) is 95.1 Å². The number of aromatic amines is 1. The van der Waals surface area contributed by atoms with Gasteiger partial charge in [-0.15, -0.1) is 0 Å². The summed E-state index contributed by atoms with van der Waals surface area (Å²) in [5, 5.41) is 12.5. The minimum absolute atomic E-state index is 0.0442. The van der Waals surface area contributed by atoms with Gasteiger partial charge < -0.3 is 15.4 Å². The third kappa shape index (κ3) is 4.24. The van der Waals surface area contributed by atoms with Crippen LogP contribution in [0.2, 0.25) is 0 Å². The van der Waals surface area contributed by atoms with Gasteiger partial charge in [0, 0.05) is 42.8 Å². The number of carboxylic acids is 1. The molecule has 1 heterocycles. The van der Waals surface area contributed by atoms with E-state index in [1.807, 2.05) is 6.08 Å². The average molecular weight is 333 g/mol. The molecule has 0 saturated carbocycles. The molecule has 0 bridgehead atoms. The highest BCUT2D eigenvalue weighted by atomic mass is 16.4. The monoisotopic (exact) mass is 333 g/mol. The lowest BCUT2D eigenvalue weighted by Gasteiger charge is -2.30. The Balaban J connectivity index is 2.30. The van der Waals surface area contributed by atoms with Crippen molar-refractivity contribution in [2.75, 3.05) is 0 Å². The van der Waals surface area contributed by atoms with Crippen molar-refractivity contribution < 1.29 is 14.7 Å². The first-order valence-corrected chi connectivity index (χ1v) is 8.66. The van der Waals surface area contributed by atoms with Crippen LogP contribution in [0.15, 0.2) is 24.0 Å². The van der Waals surface area contributed by atoms with Crippen molar-refractivity contribution in [3.8, 4) is 0 Å². The van der Waals surface area contributed by atoms with Crippen LogP contribution in [0.25, 0.3) is 0 Å². The SMILES string of the molecule is CCC(CC)C[C@H](NC(C)=O)[C@@H]1C=C(C(=O)O)C[C@H]1c1ncc[nH]1. The van der Waals surface area contributed by atoms with Crippen molar-refractivity contribution in [2.24, 2.45) is 11.8 Å². The smallest absolute Gasteiger partial charge is 0.331 e. The molecule has 1 aliphatic rings. The van der Waals surface area contributed by atoms with Gasteiger partial charge in [-0.3, -0.25) is 4.79 Å². The summed E-state index contributed by atoms with van der Waals surface area (Å²) < 4.78 is 0. The summed E-state index contributed by atoms with van der Waals surface area (Å²) in [6, 6.07) is -0.0839. The molecule has 1 aliphatic carbocycles. The number of aliphatic carboxylic acids is 1. The number of aromatic nitrogens is 2. The van der Waals surface area contributed by atoms with Gasteiger partial charge >= 0.3 is 5.97 Å². The summed E-state index contributed by atoms with van der Waals surface area (Å²) in [6.07, 6.45) is 8.61. The fourth-order valence-electron chi connectivity index (χ4n) is 3.66. The summed E-state index contributed by atoms with van der Waals surface area (Å²) in [5.41, 5.74) is 0.404. The van der Waals surface area contributed by atoms with Crippen LogP contribution in [-0.2, 0) is 9.59 Å². The second-order valence-electron chi connectivity index (χ2n) is 6.58. The first kappa shape index (κ1) is 18.2. The predicted molar refractivity (Wildman–Crippen MR) is 91.4 cm³/mol. The number of carbonyl (C=O) groups is 2. The summed E-state index contributed by atoms with van der Waals surface area (Å²) in [4.78, 5) is 30.6. The van der Waals surface area contributed by atoms with Gasteiger partial charge in [0.25, 0.3) is 0 Å². The molecule has 3 N–H and O–H groups in total. The lowest BCUT2D eigenvalue weighted by Crippen LogP contribution is -2.41. The minimum Gasteiger partial charge on any atom is -0.478 e. The average Bonchev–Trinajstić information content (AvgIpc) is 3.19. The molecule has 0 aromatic carbocycles. The van der Waals surface area contributed by atoms with Crippen molar-refractivity contribution in [1.82, 2.24) is 15.3 Å². The van der Waals surface area contributed by atoms with E-state index in [0.717, 1.165) is 25.1 Å². The summed E-state index contributed by atoms with van der Waals surface area (Å²) in [7, 11) is 0. The normalized spacial score (nSPS) is 21.6. The second kappa shape index (κ2) is 8.13. The quantitative estimate of drug-likeness (QED) is 0.681. The summed E-state index contributed by atoms with van der Waals surface area (Å²) >= 11 is 0. The van der Waals surface area contributed by atoms with E-state index < -0.39 is 5.97 Å². The highest BCUT2D eigenvalue weighted by Gasteiger charge is 2.38. The molecule has 0 aliphatic heterocycles. The zero-order valence-electron chi connectivity index (χ0n) is 14.6. The molecule has 0 saturated heterocycles. The van der Waals surface area contributed by atoms with E-state index in [1.54, 1.807) is 12.4 Å². The molecule has 0 spiro atoms. The second-order valence-corrected chi connectivity index (χ2v) is 6.58. The maximum Gasteiger partial charge on any atom is 0.331 e. The molecule has 0 radical (unpaired) electrons. The number of hydrogen-bond donors (Lipinski definition) is 3. The molecule has 2 rings (SSSR count). The van der Waals surface area contributed by atoms with Crippen LogP contribution in [-0.4, -0.2) is 33.0 Å². The number of H-pyrrole nitrogens is 1. The first-order valence-electron chi connectivity index (χ1n) is 8.66. The van der Waals surface area contributed by atoms with E-state index in [2.05, 4.69) is 29.1 Å². The zero-order valence-corrected chi connectivity index (χ0v) is 14.6. The van der Waals surface area contributed by atoms with Crippen molar-refractivity contribution >= 4 is 11.9 Å². The number of rotatable bonds is 8. The Kier molecular flexibility index (Phi) is 6.17. The third-order valence-electron chi connectivity index (χ3n) is 5.04. The molecule has 1 aromatic rings. The number of carbonyl (C=O) groups excluding carboxylic acids is 1. The zero-order chi connectivity index (χ0) is 17.7. The minimum atomic E-state index is -0.891. The number of nitrogens with one attached hydrogen (secondary N) is 2. The number of imidazole rings is 1. The Morgan fingerprint density at radius 2 is 2.12 bits per heavy atom. The van der Waals surface area contributed by atoms with E-state index in [-0.39, 0.29) is 23.8 Å². The fourth-order valence-corrected chi connectivity index (χ4v) is 3.66. The van der Waals surface area contributed by atoms with E-state index in [0.29, 0.717) is 17.9 Å². The predicted octanol–water partition coefficient (Wildman–Crippen LogP) is 2.86.